The van der Waals surface area contributed by atoms with Gasteiger partial charge in [0.25, 0.3) is 5.91 Å². The summed E-state index contributed by atoms with van der Waals surface area (Å²) < 4.78 is 34.0. The van der Waals surface area contributed by atoms with Crippen molar-refractivity contribution in [2.75, 3.05) is 6.54 Å². The van der Waals surface area contributed by atoms with Crippen LogP contribution in [0.15, 0.2) is 63.8 Å². The monoisotopic (exact) mass is 543 g/mol. The van der Waals surface area contributed by atoms with Gasteiger partial charge in [0.05, 0.1) is 28.2 Å². The summed E-state index contributed by atoms with van der Waals surface area (Å²) in [6, 6.07) is 13.0. The number of aliphatic hydroxyl groups excluding tert-OH is 1. The van der Waals surface area contributed by atoms with E-state index in [1.54, 1.807) is 0 Å². The lowest BCUT2D eigenvalue weighted by Gasteiger charge is -2.25. The second-order valence-corrected chi connectivity index (χ2v) is 9.57. The number of oxazole rings is 1. The molecule has 0 saturated heterocycles. The number of fused-ring (bicyclic) bond motifs is 1. The smallest absolute Gasteiger partial charge is 0.408 e. The highest BCUT2D eigenvalue weighted by molar-refractivity contribution is 6.34. The fourth-order valence-electron chi connectivity index (χ4n) is 4.30. The van der Waals surface area contributed by atoms with Crippen molar-refractivity contribution in [1.82, 2.24) is 15.2 Å². The molecule has 10 heteroatoms. The molecule has 0 aliphatic carbocycles. The fraction of sp³-hybridized carbons (Fsp3) is 0.286. The van der Waals surface area contributed by atoms with Crippen molar-refractivity contribution in [1.29, 1.82) is 0 Å². The molecule has 0 fully saturated rings. The van der Waals surface area contributed by atoms with E-state index in [4.69, 9.17) is 16.0 Å². The van der Waals surface area contributed by atoms with Gasteiger partial charge in [-0.25, -0.2) is 13.6 Å². The highest BCUT2D eigenvalue weighted by Gasteiger charge is 2.25. The number of rotatable bonds is 10. The molecule has 7 nitrogen and oxygen atoms in total. The zero-order valence-corrected chi connectivity index (χ0v) is 21.7. The zero-order chi connectivity index (χ0) is 27.4. The molecule has 0 bridgehead atoms. The number of amides is 1. The summed E-state index contributed by atoms with van der Waals surface area (Å²) in [7, 11) is 1.50. The van der Waals surface area contributed by atoms with E-state index < -0.39 is 35.4 Å². The topological polar surface area (TPSA) is 96.5 Å². The summed E-state index contributed by atoms with van der Waals surface area (Å²) in [4.78, 5) is 25.1. The summed E-state index contributed by atoms with van der Waals surface area (Å²) in [5, 5.41) is 17.0. The molecule has 0 aliphatic rings. The second kappa shape index (κ2) is 11.9. The number of benzene rings is 3. The SMILES string of the molecule is CCc1cccc(CNC[C@H](O)[C@H](Cc2cc(F)cc(F)c2)NC(=O)c2cc3c(cc2Cl)oc(=O)n3C)c1. The van der Waals surface area contributed by atoms with Crippen LogP contribution in [0.1, 0.15) is 34.0 Å². The minimum absolute atomic E-state index is 0.0430. The van der Waals surface area contributed by atoms with Gasteiger partial charge in [-0.05, 0) is 47.7 Å². The summed E-state index contributed by atoms with van der Waals surface area (Å²) in [5.41, 5.74) is 3.14. The first-order valence-corrected chi connectivity index (χ1v) is 12.5. The zero-order valence-electron chi connectivity index (χ0n) is 20.9. The maximum Gasteiger partial charge on any atom is 0.419 e. The Morgan fingerprint density at radius 3 is 2.50 bits per heavy atom. The molecule has 1 amide bonds. The number of nitrogens with one attached hydrogen (secondary N) is 2. The Labute approximate surface area is 223 Å². The molecule has 0 unspecified atom stereocenters. The Morgan fingerprint density at radius 2 is 1.79 bits per heavy atom. The second-order valence-electron chi connectivity index (χ2n) is 9.16. The van der Waals surface area contributed by atoms with Crippen molar-refractivity contribution in [3.8, 4) is 0 Å². The molecule has 0 radical (unpaired) electrons. The van der Waals surface area contributed by atoms with Crippen molar-refractivity contribution in [3.63, 3.8) is 0 Å². The van der Waals surface area contributed by atoms with Crippen LogP contribution in [0.25, 0.3) is 11.1 Å². The average molecular weight is 544 g/mol. The van der Waals surface area contributed by atoms with Crippen LogP contribution in [0.2, 0.25) is 5.02 Å². The predicted molar refractivity (Wildman–Crippen MR) is 141 cm³/mol. The van der Waals surface area contributed by atoms with E-state index in [9.17, 15) is 23.5 Å². The molecule has 3 aromatic carbocycles. The van der Waals surface area contributed by atoms with E-state index in [1.807, 2.05) is 18.2 Å². The van der Waals surface area contributed by atoms with Gasteiger partial charge in [-0.15, -0.1) is 0 Å². The van der Waals surface area contributed by atoms with Crippen LogP contribution in [0.3, 0.4) is 0 Å². The number of halogens is 3. The Morgan fingerprint density at radius 1 is 1.08 bits per heavy atom. The molecule has 1 aromatic heterocycles. The molecule has 3 N–H and O–H groups in total. The van der Waals surface area contributed by atoms with Crippen LogP contribution in [0.4, 0.5) is 8.78 Å². The first-order chi connectivity index (χ1) is 18.1. The third-order valence-corrected chi connectivity index (χ3v) is 6.68. The Kier molecular flexibility index (Phi) is 8.61. The van der Waals surface area contributed by atoms with Gasteiger partial charge >= 0.3 is 5.76 Å². The maximum absolute atomic E-state index is 13.8. The maximum atomic E-state index is 13.8. The molecule has 0 spiro atoms. The third kappa shape index (κ3) is 6.48. The Balaban J connectivity index is 1.54. The largest absolute Gasteiger partial charge is 0.419 e. The molecule has 4 rings (SSSR count). The van der Waals surface area contributed by atoms with Gasteiger partial charge in [0.1, 0.15) is 11.6 Å². The molecule has 200 valence electrons. The Hall–Kier alpha value is -3.53. The van der Waals surface area contributed by atoms with E-state index in [1.165, 1.54) is 29.3 Å². The van der Waals surface area contributed by atoms with Gasteiger partial charge in [0, 0.05) is 32.3 Å². The lowest BCUT2D eigenvalue weighted by Crippen LogP contribution is -2.48. The normalized spacial score (nSPS) is 13.0. The van der Waals surface area contributed by atoms with E-state index in [2.05, 4.69) is 23.6 Å². The number of hydrogen-bond acceptors (Lipinski definition) is 5. The number of aromatic nitrogens is 1. The van der Waals surface area contributed by atoms with Gasteiger partial charge in [0.2, 0.25) is 0 Å². The highest BCUT2D eigenvalue weighted by atomic mass is 35.5. The first-order valence-electron chi connectivity index (χ1n) is 12.2. The minimum Gasteiger partial charge on any atom is -0.408 e. The van der Waals surface area contributed by atoms with Crippen molar-refractivity contribution in [3.05, 3.63) is 104 Å². The lowest BCUT2D eigenvalue weighted by atomic mass is 10.00. The lowest BCUT2D eigenvalue weighted by molar-refractivity contribution is 0.0830. The van der Waals surface area contributed by atoms with Crippen LogP contribution < -0.4 is 16.4 Å². The molecular weight excluding hydrogens is 516 g/mol. The molecule has 38 heavy (non-hydrogen) atoms. The van der Waals surface area contributed by atoms with E-state index >= 15 is 0 Å². The fourth-order valence-corrected chi connectivity index (χ4v) is 4.54. The standard InChI is InChI=1S/C28H28ClF2N3O4/c1-3-16-5-4-6-17(7-16)14-32-15-25(35)23(10-18-8-19(30)11-20(31)9-18)33-27(36)21-12-24-26(13-22(21)29)38-28(37)34(24)2/h4-9,11-13,23,25,32,35H,3,10,14-15H2,1-2H3,(H,33,36)/t23-,25-/m0/s1. The minimum atomic E-state index is -1.11. The number of aryl methyl sites for hydroxylation is 2. The number of aliphatic hydroxyl groups is 1. The van der Waals surface area contributed by atoms with E-state index in [0.717, 1.165) is 30.2 Å². The summed E-state index contributed by atoms with van der Waals surface area (Å²) in [6.45, 7) is 2.65. The molecular formula is C28H28ClF2N3O4. The molecule has 1 heterocycles. The van der Waals surface area contributed by atoms with Crippen LogP contribution >= 0.6 is 11.6 Å². The highest BCUT2D eigenvalue weighted by Crippen LogP contribution is 2.24. The molecule has 0 aliphatic heterocycles. The van der Waals surface area contributed by atoms with Crippen LogP contribution in [-0.4, -0.2) is 34.3 Å². The van der Waals surface area contributed by atoms with Crippen molar-refractivity contribution >= 4 is 28.6 Å². The average Bonchev–Trinajstić information content (AvgIpc) is 3.14. The van der Waals surface area contributed by atoms with Crippen LogP contribution in [0, 0.1) is 11.6 Å². The summed E-state index contributed by atoms with van der Waals surface area (Å²) >= 11 is 6.29. The third-order valence-electron chi connectivity index (χ3n) is 6.37. The van der Waals surface area contributed by atoms with E-state index in [-0.39, 0.29) is 34.7 Å². The van der Waals surface area contributed by atoms with Crippen molar-refractivity contribution in [2.24, 2.45) is 7.05 Å². The Bertz CT molecular complexity index is 1500. The van der Waals surface area contributed by atoms with Gasteiger partial charge in [-0.1, -0.05) is 42.8 Å². The van der Waals surface area contributed by atoms with Crippen LogP contribution in [-0.2, 0) is 26.4 Å². The van der Waals surface area contributed by atoms with Crippen molar-refractivity contribution in [2.45, 2.75) is 38.5 Å². The van der Waals surface area contributed by atoms with Crippen molar-refractivity contribution < 1.29 is 23.1 Å². The molecule has 0 saturated carbocycles. The first kappa shape index (κ1) is 27.5. The van der Waals surface area contributed by atoms with Gasteiger partial charge in [-0.2, -0.15) is 0 Å². The molecule has 4 aromatic rings. The number of carbonyl (C=O) groups excluding carboxylic acids is 1. The number of hydrogen-bond donors (Lipinski definition) is 3. The van der Waals surface area contributed by atoms with E-state index in [0.29, 0.717) is 12.1 Å². The molecule has 2 atom stereocenters. The van der Waals surface area contributed by atoms with Crippen LogP contribution in [0.5, 0.6) is 0 Å². The predicted octanol–water partition coefficient (Wildman–Crippen LogP) is 4.12. The quantitative estimate of drug-likeness (QED) is 0.280. The van der Waals surface area contributed by atoms with Gasteiger partial charge < -0.3 is 20.2 Å². The number of nitrogens with zero attached hydrogens (tertiary/aromatic N) is 1. The summed E-state index contributed by atoms with van der Waals surface area (Å²) in [5.74, 6) is -2.75. The number of carbonyl (C=O) groups is 1. The summed E-state index contributed by atoms with van der Waals surface area (Å²) in [6.07, 6.45) is -0.255. The van der Waals surface area contributed by atoms with Gasteiger partial charge in [-0.3, -0.25) is 9.36 Å². The van der Waals surface area contributed by atoms with Gasteiger partial charge in [0.15, 0.2) is 5.58 Å².